The summed E-state index contributed by atoms with van der Waals surface area (Å²) in [5, 5.41) is 5.56. The van der Waals surface area contributed by atoms with Crippen molar-refractivity contribution in [2.75, 3.05) is 11.9 Å². The summed E-state index contributed by atoms with van der Waals surface area (Å²) in [6.07, 6.45) is 1.56. The minimum Gasteiger partial charge on any atom is -0.483 e. The predicted molar refractivity (Wildman–Crippen MR) is 116 cm³/mol. The first-order valence-corrected chi connectivity index (χ1v) is 9.86. The summed E-state index contributed by atoms with van der Waals surface area (Å²) in [4.78, 5) is 24.5. The third-order valence-electron chi connectivity index (χ3n) is 4.58. The number of benzene rings is 2. The van der Waals surface area contributed by atoms with Gasteiger partial charge in [0.25, 0.3) is 11.8 Å². The second kappa shape index (κ2) is 9.78. The van der Waals surface area contributed by atoms with Gasteiger partial charge in [0.2, 0.25) is 0 Å². The number of carbonyl (C=O) groups is 2. The summed E-state index contributed by atoms with van der Waals surface area (Å²) in [7, 11) is 0. The van der Waals surface area contributed by atoms with E-state index in [0.29, 0.717) is 29.5 Å². The number of carbonyl (C=O) groups excluding carboxylic acids is 2. The van der Waals surface area contributed by atoms with E-state index in [1.54, 1.807) is 42.7 Å². The highest BCUT2D eigenvalue weighted by Gasteiger charge is 2.11. The second-order valence-electron chi connectivity index (χ2n) is 7.37. The van der Waals surface area contributed by atoms with Crippen molar-refractivity contribution in [3.63, 3.8) is 0 Å². The molecule has 0 fully saturated rings. The van der Waals surface area contributed by atoms with Crippen LogP contribution in [0.5, 0.6) is 5.75 Å². The van der Waals surface area contributed by atoms with Gasteiger partial charge in [0.05, 0.1) is 12.8 Å². The molecule has 0 bridgehead atoms. The molecule has 3 rings (SSSR count). The maximum atomic E-state index is 12.3. The molecule has 6 nitrogen and oxygen atoms in total. The Labute approximate surface area is 176 Å². The smallest absolute Gasteiger partial charge is 0.262 e. The molecule has 1 aromatic heterocycles. The molecule has 2 aromatic carbocycles. The zero-order valence-corrected chi connectivity index (χ0v) is 17.4. The van der Waals surface area contributed by atoms with Gasteiger partial charge in [-0.05, 0) is 66.4 Å². The molecule has 0 unspecified atom stereocenters. The van der Waals surface area contributed by atoms with Crippen LogP contribution < -0.4 is 15.4 Å². The van der Waals surface area contributed by atoms with E-state index in [1.165, 1.54) is 0 Å². The quantitative estimate of drug-likeness (QED) is 0.570. The Balaban J connectivity index is 1.52. The van der Waals surface area contributed by atoms with Crippen LogP contribution in [0.3, 0.4) is 0 Å². The molecule has 0 saturated carbocycles. The maximum Gasteiger partial charge on any atom is 0.262 e. The lowest BCUT2D eigenvalue weighted by molar-refractivity contribution is -0.118. The van der Waals surface area contributed by atoms with Gasteiger partial charge in [0.1, 0.15) is 11.5 Å². The lowest BCUT2D eigenvalue weighted by Crippen LogP contribution is -2.23. The standard InChI is InChI=1S/C24H26N2O4/c1-16(2)21-11-6-17(3)13-22(21)30-15-23(27)26-19-9-7-18(8-10-19)24(28)25-14-20-5-4-12-29-20/h4-13,16H,14-15H2,1-3H3,(H,25,28)(H,26,27). The van der Waals surface area contributed by atoms with Gasteiger partial charge in [0.15, 0.2) is 6.61 Å². The lowest BCUT2D eigenvalue weighted by atomic mass is 10.0. The van der Waals surface area contributed by atoms with Gasteiger partial charge >= 0.3 is 0 Å². The fourth-order valence-electron chi connectivity index (χ4n) is 2.97. The lowest BCUT2D eigenvalue weighted by Gasteiger charge is -2.15. The van der Waals surface area contributed by atoms with E-state index >= 15 is 0 Å². The van der Waals surface area contributed by atoms with Crippen LogP contribution in [0.15, 0.2) is 65.3 Å². The van der Waals surface area contributed by atoms with Crippen LogP contribution in [-0.2, 0) is 11.3 Å². The van der Waals surface area contributed by atoms with E-state index in [-0.39, 0.29) is 18.4 Å². The summed E-state index contributed by atoms with van der Waals surface area (Å²) < 4.78 is 10.9. The van der Waals surface area contributed by atoms with E-state index in [0.717, 1.165) is 16.9 Å². The zero-order valence-electron chi connectivity index (χ0n) is 17.4. The van der Waals surface area contributed by atoms with Crippen LogP contribution in [-0.4, -0.2) is 18.4 Å². The number of ether oxygens (including phenoxy) is 1. The van der Waals surface area contributed by atoms with E-state index in [1.807, 2.05) is 25.1 Å². The number of hydrogen-bond donors (Lipinski definition) is 2. The zero-order chi connectivity index (χ0) is 21.5. The number of nitrogens with one attached hydrogen (secondary N) is 2. The van der Waals surface area contributed by atoms with Crippen molar-refractivity contribution in [2.24, 2.45) is 0 Å². The van der Waals surface area contributed by atoms with Crippen molar-refractivity contribution in [1.29, 1.82) is 0 Å². The highest BCUT2D eigenvalue weighted by Crippen LogP contribution is 2.27. The van der Waals surface area contributed by atoms with E-state index < -0.39 is 0 Å². The van der Waals surface area contributed by atoms with Crippen LogP contribution in [0.4, 0.5) is 5.69 Å². The molecule has 0 atom stereocenters. The summed E-state index contributed by atoms with van der Waals surface area (Å²) >= 11 is 0. The molecule has 0 saturated heterocycles. The molecule has 0 spiro atoms. The topological polar surface area (TPSA) is 80.6 Å². The van der Waals surface area contributed by atoms with Crippen molar-refractivity contribution in [2.45, 2.75) is 33.2 Å². The number of rotatable bonds is 8. The number of amides is 2. The van der Waals surface area contributed by atoms with Gasteiger partial charge < -0.3 is 19.8 Å². The van der Waals surface area contributed by atoms with E-state index in [4.69, 9.17) is 9.15 Å². The third-order valence-corrected chi connectivity index (χ3v) is 4.58. The van der Waals surface area contributed by atoms with Gasteiger partial charge in [-0.3, -0.25) is 9.59 Å². The average Bonchev–Trinajstić information content (AvgIpc) is 3.24. The Morgan fingerprint density at radius 3 is 2.50 bits per heavy atom. The summed E-state index contributed by atoms with van der Waals surface area (Å²) in [5.74, 6) is 1.23. The van der Waals surface area contributed by atoms with Gasteiger partial charge in [-0.1, -0.05) is 26.0 Å². The first-order valence-electron chi connectivity index (χ1n) is 9.86. The maximum absolute atomic E-state index is 12.3. The summed E-state index contributed by atoms with van der Waals surface area (Å²) in [6.45, 7) is 6.39. The molecule has 1 heterocycles. The molecule has 3 aromatic rings. The Morgan fingerprint density at radius 1 is 1.07 bits per heavy atom. The van der Waals surface area contributed by atoms with Crippen LogP contribution in [0, 0.1) is 6.92 Å². The predicted octanol–water partition coefficient (Wildman–Crippen LogP) is 4.66. The van der Waals surface area contributed by atoms with Crippen LogP contribution in [0.25, 0.3) is 0 Å². The minimum absolute atomic E-state index is 0.0887. The normalized spacial score (nSPS) is 10.7. The first-order chi connectivity index (χ1) is 14.4. The molecule has 2 N–H and O–H groups in total. The molecule has 0 aliphatic carbocycles. The van der Waals surface area contributed by atoms with Gasteiger partial charge in [-0.25, -0.2) is 0 Å². The summed E-state index contributed by atoms with van der Waals surface area (Å²) in [6, 6.07) is 16.3. The highest BCUT2D eigenvalue weighted by molar-refractivity contribution is 5.96. The molecular weight excluding hydrogens is 380 g/mol. The van der Waals surface area contributed by atoms with Crippen molar-refractivity contribution in [1.82, 2.24) is 5.32 Å². The van der Waals surface area contributed by atoms with Crippen LogP contribution in [0.1, 0.15) is 47.0 Å². The monoisotopic (exact) mass is 406 g/mol. The van der Waals surface area contributed by atoms with Crippen LogP contribution in [0.2, 0.25) is 0 Å². The van der Waals surface area contributed by atoms with Crippen LogP contribution >= 0.6 is 0 Å². The fourth-order valence-corrected chi connectivity index (χ4v) is 2.97. The van der Waals surface area contributed by atoms with Crippen molar-refractivity contribution in [3.05, 3.63) is 83.3 Å². The Bertz CT molecular complexity index is 993. The van der Waals surface area contributed by atoms with Crippen molar-refractivity contribution < 1.29 is 18.7 Å². The van der Waals surface area contributed by atoms with E-state index in [9.17, 15) is 9.59 Å². The molecule has 0 radical (unpaired) electrons. The largest absolute Gasteiger partial charge is 0.483 e. The Morgan fingerprint density at radius 2 is 1.83 bits per heavy atom. The molecule has 6 heteroatoms. The molecule has 2 amide bonds. The van der Waals surface area contributed by atoms with E-state index in [2.05, 4.69) is 24.5 Å². The second-order valence-corrected chi connectivity index (χ2v) is 7.37. The Hall–Kier alpha value is -3.54. The molecule has 156 valence electrons. The number of furan rings is 1. The van der Waals surface area contributed by atoms with Gasteiger partial charge in [-0.15, -0.1) is 0 Å². The minimum atomic E-state index is -0.263. The van der Waals surface area contributed by atoms with Crippen molar-refractivity contribution >= 4 is 17.5 Å². The van der Waals surface area contributed by atoms with Crippen molar-refractivity contribution in [3.8, 4) is 5.75 Å². The Kier molecular flexibility index (Phi) is 6.91. The number of aryl methyl sites for hydroxylation is 1. The third kappa shape index (κ3) is 5.73. The molecule has 0 aliphatic heterocycles. The van der Waals surface area contributed by atoms with Gasteiger partial charge in [-0.2, -0.15) is 0 Å². The van der Waals surface area contributed by atoms with Gasteiger partial charge in [0, 0.05) is 11.3 Å². The first kappa shape index (κ1) is 21.2. The SMILES string of the molecule is Cc1ccc(C(C)C)c(OCC(=O)Nc2ccc(C(=O)NCc3ccco3)cc2)c1. The molecular formula is C24H26N2O4. The molecule has 0 aliphatic rings. The number of anilines is 1. The fraction of sp³-hybridized carbons (Fsp3) is 0.250. The highest BCUT2D eigenvalue weighted by atomic mass is 16.5. The molecule has 30 heavy (non-hydrogen) atoms. The summed E-state index contributed by atoms with van der Waals surface area (Å²) in [5.41, 5.74) is 3.24. The average molecular weight is 406 g/mol. The number of hydrogen-bond acceptors (Lipinski definition) is 4.